The van der Waals surface area contributed by atoms with Crippen molar-refractivity contribution in [3.8, 4) is 23.8 Å². The first kappa shape index (κ1) is 23.6. The van der Waals surface area contributed by atoms with E-state index >= 15 is 0 Å². The Morgan fingerprint density at radius 1 is 1.29 bits per heavy atom. The van der Waals surface area contributed by atoms with Crippen molar-refractivity contribution in [1.82, 2.24) is 0 Å². The third-order valence-electron chi connectivity index (χ3n) is 7.21. The zero-order valence-electron chi connectivity index (χ0n) is 18.4. The van der Waals surface area contributed by atoms with E-state index in [2.05, 4.69) is 5.92 Å². The Bertz CT molecular complexity index is 972. The maximum atomic E-state index is 13.0. The third kappa shape index (κ3) is 4.32. The number of hydrogen-bond acceptors (Lipinski definition) is 7. The van der Waals surface area contributed by atoms with Crippen LogP contribution in [0.4, 0.5) is 0 Å². The summed E-state index contributed by atoms with van der Waals surface area (Å²) in [6.45, 7) is 4.90. The van der Waals surface area contributed by atoms with Crippen LogP contribution in [0.1, 0.15) is 40.0 Å². The number of methoxy groups -OCH3 is 1. The van der Waals surface area contributed by atoms with Gasteiger partial charge in [0.05, 0.1) is 18.3 Å². The van der Waals surface area contributed by atoms with Gasteiger partial charge in [-0.1, -0.05) is 19.8 Å². The van der Waals surface area contributed by atoms with Crippen molar-refractivity contribution in [2.75, 3.05) is 19.5 Å². The molecular formula is C23H30O7S. The number of aliphatic hydroxyl groups is 1. The molecule has 0 unspecified atom stereocenters. The number of carbonyl (C=O) groups excluding carboxylic acids is 1. The number of fused-ring (bicyclic) bond motifs is 2. The predicted molar refractivity (Wildman–Crippen MR) is 115 cm³/mol. The molecule has 170 valence electrons. The van der Waals surface area contributed by atoms with Crippen molar-refractivity contribution in [1.29, 1.82) is 0 Å². The van der Waals surface area contributed by atoms with Crippen LogP contribution in [-0.2, 0) is 19.1 Å². The molecule has 3 rings (SSSR count). The van der Waals surface area contributed by atoms with Crippen LogP contribution >= 0.6 is 0 Å². The lowest BCUT2D eigenvalue weighted by Gasteiger charge is -2.36. The van der Waals surface area contributed by atoms with E-state index in [1.165, 1.54) is 14.0 Å². The number of terminal acetylenes is 1. The van der Waals surface area contributed by atoms with Crippen molar-refractivity contribution < 1.29 is 32.0 Å². The van der Waals surface area contributed by atoms with Crippen molar-refractivity contribution in [2.45, 2.75) is 51.7 Å². The number of ether oxygens (including phenoxy) is 2. The molecule has 1 aromatic rings. The van der Waals surface area contributed by atoms with E-state index in [1.807, 2.05) is 13.8 Å². The molecule has 0 spiro atoms. The summed E-state index contributed by atoms with van der Waals surface area (Å²) in [5.74, 6) is 2.96. The molecule has 31 heavy (non-hydrogen) atoms. The lowest BCUT2D eigenvalue weighted by molar-refractivity contribution is -0.128. The van der Waals surface area contributed by atoms with Gasteiger partial charge in [0.15, 0.2) is 11.7 Å². The summed E-state index contributed by atoms with van der Waals surface area (Å²) < 4.78 is 42.2. The number of ketones is 1. The van der Waals surface area contributed by atoms with E-state index in [0.717, 1.165) is 6.42 Å². The summed E-state index contributed by atoms with van der Waals surface area (Å²) in [6.07, 6.45) is 5.81. The first-order chi connectivity index (χ1) is 14.4. The third-order valence-corrected chi connectivity index (χ3v) is 8.58. The molecule has 0 saturated heterocycles. The van der Waals surface area contributed by atoms with Gasteiger partial charge in [-0.2, -0.15) is 8.42 Å². The number of rotatable bonds is 9. The van der Waals surface area contributed by atoms with Crippen LogP contribution in [0.15, 0.2) is 24.3 Å². The fourth-order valence-electron chi connectivity index (χ4n) is 4.84. The monoisotopic (exact) mass is 450 g/mol. The van der Waals surface area contributed by atoms with Crippen LogP contribution in [0.2, 0.25) is 0 Å². The molecule has 1 N–H and O–H groups in total. The Morgan fingerprint density at radius 3 is 2.39 bits per heavy atom. The number of hydrogen-bond donors (Lipinski definition) is 1. The summed E-state index contributed by atoms with van der Waals surface area (Å²) in [5, 5.41) is 10.6. The molecule has 0 heterocycles. The van der Waals surface area contributed by atoms with Crippen LogP contribution in [0.3, 0.4) is 0 Å². The Labute approximate surface area is 184 Å². The van der Waals surface area contributed by atoms with Crippen LogP contribution in [0, 0.1) is 29.1 Å². The molecule has 0 aromatic heterocycles. The zero-order chi connectivity index (χ0) is 23.1. The second-order valence-electron chi connectivity index (χ2n) is 9.23. The summed E-state index contributed by atoms with van der Waals surface area (Å²) in [6, 6.07) is 6.66. The molecule has 2 bridgehead atoms. The van der Waals surface area contributed by atoms with E-state index in [1.54, 1.807) is 24.3 Å². The van der Waals surface area contributed by atoms with Crippen molar-refractivity contribution in [3.63, 3.8) is 0 Å². The molecule has 8 heteroatoms. The molecule has 0 radical (unpaired) electrons. The molecule has 4 atom stereocenters. The second kappa shape index (κ2) is 8.12. The first-order valence-electron chi connectivity index (χ1n) is 10.3. The lowest BCUT2D eigenvalue weighted by Crippen LogP contribution is -2.48. The Hall–Kier alpha value is -2.08. The highest BCUT2D eigenvalue weighted by molar-refractivity contribution is 7.86. The minimum Gasteiger partial charge on any atom is -0.497 e. The molecule has 2 aliphatic rings. The normalized spacial score (nSPS) is 27.4. The summed E-state index contributed by atoms with van der Waals surface area (Å²) >= 11 is 0. The van der Waals surface area contributed by atoms with Gasteiger partial charge in [-0.3, -0.25) is 8.98 Å². The average Bonchev–Trinajstić information content (AvgIpc) is 3.05. The van der Waals surface area contributed by atoms with E-state index in [0.29, 0.717) is 24.3 Å². The first-order valence-corrected chi connectivity index (χ1v) is 11.9. The van der Waals surface area contributed by atoms with E-state index in [4.69, 9.17) is 20.1 Å². The van der Waals surface area contributed by atoms with Gasteiger partial charge in [0, 0.05) is 6.42 Å². The minimum atomic E-state index is -4.20. The van der Waals surface area contributed by atoms with Gasteiger partial charge in [0.1, 0.15) is 23.9 Å². The van der Waals surface area contributed by atoms with Gasteiger partial charge in [-0.25, -0.2) is 0 Å². The summed E-state index contributed by atoms with van der Waals surface area (Å²) in [7, 11) is -2.66. The standard InChI is InChI=1S/C23H30O7S/c1-6-22(4,25)20(14-29-18-9-7-17(28-5)8-10-18)30-31(26,27)15-23-12-11-16(13-19(23)24)21(23,2)3/h1,7-10,16,20,25H,11-15H2,2-5H3/t16-,20-,22-,23-/m1/s1. The molecule has 0 aliphatic heterocycles. The van der Waals surface area contributed by atoms with Gasteiger partial charge < -0.3 is 14.6 Å². The van der Waals surface area contributed by atoms with E-state index in [9.17, 15) is 18.3 Å². The smallest absolute Gasteiger partial charge is 0.268 e. The van der Waals surface area contributed by atoms with Gasteiger partial charge >= 0.3 is 0 Å². The number of benzene rings is 1. The molecule has 0 amide bonds. The minimum absolute atomic E-state index is 0.0318. The molecule has 2 saturated carbocycles. The summed E-state index contributed by atoms with van der Waals surface area (Å²) in [4.78, 5) is 12.7. The lowest BCUT2D eigenvalue weighted by atomic mass is 9.70. The van der Waals surface area contributed by atoms with Crippen LogP contribution in [0.5, 0.6) is 11.5 Å². The van der Waals surface area contributed by atoms with Crippen LogP contribution in [-0.4, -0.2) is 50.5 Å². The molecular weight excluding hydrogens is 420 g/mol. The quantitative estimate of drug-likeness (QED) is 0.456. The topological polar surface area (TPSA) is 99.1 Å². The zero-order valence-corrected chi connectivity index (χ0v) is 19.2. The molecule has 1 aromatic carbocycles. The molecule has 2 fully saturated rings. The maximum absolute atomic E-state index is 13.0. The summed E-state index contributed by atoms with van der Waals surface area (Å²) in [5.41, 5.74) is -3.30. The number of carbonyl (C=O) groups is 1. The maximum Gasteiger partial charge on any atom is 0.268 e. The fraction of sp³-hybridized carbons (Fsp3) is 0.609. The molecule has 2 aliphatic carbocycles. The van der Waals surface area contributed by atoms with Crippen LogP contribution < -0.4 is 9.47 Å². The highest BCUT2D eigenvalue weighted by atomic mass is 32.2. The highest BCUT2D eigenvalue weighted by Crippen LogP contribution is 2.64. The van der Waals surface area contributed by atoms with Gasteiger partial charge in [-0.15, -0.1) is 6.42 Å². The van der Waals surface area contributed by atoms with Gasteiger partial charge in [0.25, 0.3) is 10.1 Å². The van der Waals surface area contributed by atoms with Crippen molar-refractivity contribution >= 4 is 15.9 Å². The fourth-order valence-corrected chi connectivity index (χ4v) is 6.79. The molecule has 7 nitrogen and oxygen atoms in total. The second-order valence-corrected chi connectivity index (χ2v) is 10.8. The Morgan fingerprint density at radius 2 is 1.90 bits per heavy atom. The van der Waals surface area contributed by atoms with E-state index in [-0.39, 0.29) is 18.3 Å². The average molecular weight is 451 g/mol. The predicted octanol–water partition coefficient (Wildman–Crippen LogP) is 2.57. The Kier molecular flexibility index (Phi) is 6.18. The van der Waals surface area contributed by atoms with Gasteiger partial charge in [0.2, 0.25) is 0 Å². The largest absolute Gasteiger partial charge is 0.497 e. The van der Waals surface area contributed by atoms with E-state index < -0.39 is 38.4 Å². The SMILES string of the molecule is C#C[C@@](C)(O)[C@@H](COc1ccc(OC)cc1)OS(=O)(=O)C[C@]12CC[C@H](CC1=O)C2(C)C. The van der Waals surface area contributed by atoms with Gasteiger partial charge in [-0.05, 0) is 55.4 Å². The van der Waals surface area contributed by atoms with Crippen LogP contribution in [0.25, 0.3) is 0 Å². The highest BCUT2D eigenvalue weighted by Gasteiger charge is 2.65. The van der Waals surface area contributed by atoms with Crippen molar-refractivity contribution in [2.24, 2.45) is 16.7 Å². The van der Waals surface area contributed by atoms with Crippen molar-refractivity contribution in [3.05, 3.63) is 24.3 Å². The Balaban J connectivity index is 1.77. The number of Topliss-reactive ketones (excluding diaryl/α,β-unsaturated/α-hetero) is 1.